The third-order valence-corrected chi connectivity index (χ3v) is 3.12. The van der Waals surface area contributed by atoms with Gasteiger partial charge in [-0.05, 0) is 18.6 Å². The normalized spacial score (nSPS) is 10.5. The van der Waals surface area contributed by atoms with Crippen LogP contribution in [0.3, 0.4) is 0 Å². The second-order valence-corrected chi connectivity index (χ2v) is 4.78. The first-order chi connectivity index (χ1) is 9.01. The first kappa shape index (κ1) is 13.8. The fourth-order valence-electron chi connectivity index (χ4n) is 1.66. The van der Waals surface area contributed by atoms with Crippen LogP contribution in [0.15, 0.2) is 29.2 Å². The van der Waals surface area contributed by atoms with Crippen molar-refractivity contribution in [3.63, 3.8) is 0 Å². The average molecular weight is 299 g/mol. The molecular formula is C13H12Cl2N2O2. The fraction of sp³-hybridized carbons (Fsp3) is 0.154. The Balaban J connectivity index is 2.48. The van der Waals surface area contributed by atoms with Gasteiger partial charge in [0.05, 0.1) is 0 Å². The van der Waals surface area contributed by atoms with Crippen molar-refractivity contribution in [3.05, 3.63) is 50.4 Å². The Morgan fingerprint density at radius 2 is 2.05 bits per heavy atom. The SMILES string of the molecule is CCc1c[nH]c(=O)c(Cl)c1Oc1cc(N)cc(Cl)c1. The molecule has 0 unspecified atom stereocenters. The summed E-state index contributed by atoms with van der Waals surface area (Å²) >= 11 is 11.9. The Morgan fingerprint density at radius 3 is 2.68 bits per heavy atom. The monoisotopic (exact) mass is 298 g/mol. The topological polar surface area (TPSA) is 68.1 Å². The van der Waals surface area contributed by atoms with E-state index in [9.17, 15) is 4.79 Å². The second-order valence-electron chi connectivity index (χ2n) is 3.96. The molecule has 0 aliphatic rings. The summed E-state index contributed by atoms with van der Waals surface area (Å²) in [6.07, 6.45) is 2.25. The number of pyridine rings is 1. The zero-order valence-corrected chi connectivity index (χ0v) is 11.7. The Morgan fingerprint density at radius 1 is 1.32 bits per heavy atom. The third kappa shape index (κ3) is 3.03. The first-order valence-corrected chi connectivity index (χ1v) is 6.41. The number of benzene rings is 1. The zero-order chi connectivity index (χ0) is 14.0. The number of halogens is 2. The summed E-state index contributed by atoms with van der Waals surface area (Å²) in [5, 5.41) is 0.465. The number of H-pyrrole nitrogens is 1. The number of ether oxygens (including phenoxy) is 1. The van der Waals surface area contributed by atoms with E-state index in [1.165, 1.54) is 0 Å². The van der Waals surface area contributed by atoms with E-state index in [4.69, 9.17) is 33.7 Å². The highest BCUT2D eigenvalue weighted by Gasteiger charge is 2.13. The molecule has 0 amide bonds. The van der Waals surface area contributed by atoms with Crippen molar-refractivity contribution in [2.24, 2.45) is 0 Å². The molecule has 0 saturated heterocycles. The lowest BCUT2D eigenvalue weighted by Gasteiger charge is -2.12. The van der Waals surface area contributed by atoms with E-state index in [0.29, 0.717) is 28.6 Å². The minimum atomic E-state index is -0.399. The van der Waals surface area contributed by atoms with Crippen LogP contribution in [0, 0.1) is 0 Å². The number of nitrogen functional groups attached to an aromatic ring is 1. The zero-order valence-electron chi connectivity index (χ0n) is 10.2. The predicted octanol–water partition coefficient (Wildman–Crippen LogP) is 3.62. The van der Waals surface area contributed by atoms with Gasteiger partial charge in [-0.3, -0.25) is 4.79 Å². The highest BCUT2D eigenvalue weighted by molar-refractivity contribution is 6.32. The van der Waals surface area contributed by atoms with Crippen LogP contribution in [0.2, 0.25) is 10.0 Å². The Kier molecular flexibility index (Phi) is 4.02. The third-order valence-electron chi connectivity index (χ3n) is 2.56. The standard InChI is InChI=1S/C13H12Cl2N2O2/c1-2-7-6-17-13(18)11(15)12(7)19-10-4-8(14)3-9(16)5-10/h3-6H,2,16H2,1H3,(H,17,18). The van der Waals surface area contributed by atoms with Gasteiger partial charge in [0.2, 0.25) is 0 Å². The maximum atomic E-state index is 11.5. The summed E-state index contributed by atoms with van der Waals surface area (Å²) in [5.41, 5.74) is 6.56. The van der Waals surface area contributed by atoms with E-state index in [1.807, 2.05) is 6.92 Å². The Hall–Kier alpha value is -1.65. The van der Waals surface area contributed by atoms with Crippen molar-refractivity contribution in [3.8, 4) is 11.5 Å². The van der Waals surface area contributed by atoms with Gasteiger partial charge in [0.15, 0.2) is 5.75 Å². The van der Waals surface area contributed by atoms with E-state index in [-0.39, 0.29) is 5.02 Å². The number of rotatable bonds is 3. The number of aromatic amines is 1. The molecule has 4 nitrogen and oxygen atoms in total. The Bertz CT molecular complexity index is 648. The molecular weight excluding hydrogens is 287 g/mol. The van der Waals surface area contributed by atoms with E-state index in [2.05, 4.69) is 4.98 Å². The molecule has 19 heavy (non-hydrogen) atoms. The highest BCUT2D eigenvalue weighted by Crippen LogP contribution is 2.32. The molecule has 0 radical (unpaired) electrons. The molecule has 0 aliphatic heterocycles. The smallest absolute Gasteiger partial charge is 0.270 e. The van der Waals surface area contributed by atoms with Crippen molar-refractivity contribution >= 4 is 28.9 Å². The molecule has 1 aromatic carbocycles. The molecule has 6 heteroatoms. The lowest BCUT2D eigenvalue weighted by Crippen LogP contribution is -2.09. The molecule has 0 saturated carbocycles. The molecule has 0 fully saturated rings. The molecule has 0 bridgehead atoms. The van der Waals surface area contributed by atoms with Gasteiger partial charge < -0.3 is 15.5 Å². The summed E-state index contributed by atoms with van der Waals surface area (Å²) in [4.78, 5) is 14.1. The molecule has 0 atom stereocenters. The number of anilines is 1. The quantitative estimate of drug-likeness (QED) is 0.851. The summed E-state index contributed by atoms with van der Waals surface area (Å²) in [7, 11) is 0. The van der Waals surface area contributed by atoms with Gasteiger partial charge in [-0.15, -0.1) is 0 Å². The lowest BCUT2D eigenvalue weighted by molar-refractivity contribution is 0.476. The van der Waals surface area contributed by atoms with Gasteiger partial charge in [-0.25, -0.2) is 0 Å². The maximum absolute atomic E-state index is 11.5. The minimum Gasteiger partial charge on any atom is -0.455 e. The van der Waals surface area contributed by atoms with Gasteiger partial charge in [0.25, 0.3) is 5.56 Å². The number of hydrogen-bond acceptors (Lipinski definition) is 3. The highest BCUT2D eigenvalue weighted by atomic mass is 35.5. The van der Waals surface area contributed by atoms with Crippen molar-refractivity contribution in [1.82, 2.24) is 4.98 Å². The number of aryl methyl sites for hydroxylation is 1. The fourth-order valence-corrected chi connectivity index (χ4v) is 2.11. The van der Waals surface area contributed by atoms with Crippen molar-refractivity contribution in [2.45, 2.75) is 13.3 Å². The Labute approximate surface area is 120 Å². The van der Waals surface area contributed by atoms with Crippen LogP contribution < -0.4 is 16.0 Å². The number of nitrogens with one attached hydrogen (secondary N) is 1. The van der Waals surface area contributed by atoms with Crippen molar-refractivity contribution in [2.75, 3.05) is 5.73 Å². The number of aromatic nitrogens is 1. The van der Waals surface area contributed by atoms with E-state index in [0.717, 1.165) is 5.56 Å². The van der Waals surface area contributed by atoms with Crippen LogP contribution in [0.4, 0.5) is 5.69 Å². The predicted molar refractivity (Wildman–Crippen MR) is 77.4 cm³/mol. The largest absolute Gasteiger partial charge is 0.455 e. The molecule has 2 rings (SSSR count). The van der Waals surface area contributed by atoms with Crippen LogP contribution in [-0.4, -0.2) is 4.98 Å². The molecule has 0 spiro atoms. The van der Waals surface area contributed by atoms with Crippen molar-refractivity contribution < 1.29 is 4.74 Å². The van der Waals surface area contributed by atoms with Crippen LogP contribution in [0.1, 0.15) is 12.5 Å². The van der Waals surface area contributed by atoms with Gasteiger partial charge in [-0.2, -0.15) is 0 Å². The van der Waals surface area contributed by atoms with E-state index < -0.39 is 5.56 Å². The first-order valence-electron chi connectivity index (χ1n) is 5.65. The number of nitrogens with two attached hydrogens (primary N) is 1. The second kappa shape index (κ2) is 5.55. The van der Waals surface area contributed by atoms with Gasteiger partial charge in [0.1, 0.15) is 10.8 Å². The average Bonchev–Trinajstić information content (AvgIpc) is 2.34. The van der Waals surface area contributed by atoms with Gasteiger partial charge in [0, 0.05) is 28.5 Å². The van der Waals surface area contributed by atoms with Crippen molar-refractivity contribution in [1.29, 1.82) is 0 Å². The molecule has 100 valence electrons. The van der Waals surface area contributed by atoms with Crippen LogP contribution in [0.5, 0.6) is 11.5 Å². The molecule has 1 aromatic heterocycles. The summed E-state index contributed by atoms with van der Waals surface area (Å²) in [5.74, 6) is 0.766. The number of hydrogen-bond donors (Lipinski definition) is 2. The maximum Gasteiger partial charge on any atom is 0.270 e. The summed E-state index contributed by atoms with van der Waals surface area (Å²) in [6, 6.07) is 4.83. The van der Waals surface area contributed by atoms with Crippen LogP contribution in [-0.2, 0) is 6.42 Å². The van der Waals surface area contributed by atoms with Crippen LogP contribution >= 0.6 is 23.2 Å². The summed E-state index contributed by atoms with van der Waals surface area (Å²) in [6.45, 7) is 1.93. The van der Waals surface area contributed by atoms with E-state index in [1.54, 1.807) is 24.4 Å². The van der Waals surface area contributed by atoms with Gasteiger partial charge >= 0.3 is 0 Å². The molecule has 3 N–H and O–H groups in total. The molecule has 0 aliphatic carbocycles. The molecule has 1 heterocycles. The van der Waals surface area contributed by atoms with Crippen LogP contribution in [0.25, 0.3) is 0 Å². The van der Waals surface area contributed by atoms with E-state index >= 15 is 0 Å². The summed E-state index contributed by atoms with van der Waals surface area (Å²) < 4.78 is 5.66. The lowest BCUT2D eigenvalue weighted by atomic mass is 10.2. The van der Waals surface area contributed by atoms with Gasteiger partial charge in [-0.1, -0.05) is 30.1 Å². The molecule has 2 aromatic rings. The minimum absolute atomic E-state index is 0.0119.